The predicted octanol–water partition coefficient (Wildman–Crippen LogP) is 3.83. The Labute approximate surface area is 171 Å². The highest BCUT2D eigenvalue weighted by Gasteiger charge is 2.11. The number of rotatable bonds is 5. The van der Waals surface area contributed by atoms with Crippen molar-refractivity contribution in [2.45, 2.75) is 31.7 Å². The van der Waals surface area contributed by atoms with Crippen molar-refractivity contribution in [2.24, 2.45) is 0 Å². The largest absolute Gasteiger partial charge is 0.279 e. The number of thiophene rings is 1. The average Bonchev–Trinajstić information content (AvgIpc) is 3.10. The van der Waals surface area contributed by atoms with Gasteiger partial charge >= 0.3 is 0 Å². The lowest BCUT2D eigenvalue weighted by Crippen LogP contribution is -2.41. The maximum atomic E-state index is 12.2. The second kappa shape index (κ2) is 8.99. The van der Waals surface area contributed by atoms with E-state index >= 15 is 0 Å². The van der Waals surface area contributed by atoms with Crippen LogP contribution in [0.2, 0.25) is 0 Å². The van der Waals surface area contributed by atoms with Gasteiger partial charge in [0.05, 0.1) is 4.88 Å². The number of benzene rings is 1. The molecule has 1 aromatic carbocycles. The quantitative estimate of drug-likeness (QED) is 0.378. The number of carbonyl (C=O) groups excluding carboxylic acids is 2. The highest BCUT2D eigenvalue weighted by Crippen LogP contribution is 2.20. The first-order chi connectivity index (χ1) is 13.4. The molecule has 0 fully saturated rings. The summed E-state index contributed by atoms with van der Waals surface area (Å²) in [6.45, 7) is 5.82. The Morgan fingerprint density at radius 1 is 0.929 bits per heavy atom. The highest BCUT2D eigenvalue weighted by molar-refractivity contribution is 7.98. The number of aromatic nitrogens is 2. The fourth-order valence-corrected chi connectivity index (χ4v) is 4.13. The zero-order valence-electron chi connectivity index (χ0n) is 15.8. The molecule has 3 rings (SSSR count). The van der Waals surface area contributed by atoms with Crippen molar-refractivity contribution in [3.63, 3.8) is 0 Å². The number of nitrogens with one attached hydrogen (secondary N) is 2. The second-order valence-electron chi connectivity index (χ2n) is 6.24. The number of hydrogen-bond donors (Lipinski definition) is 2. The zero-order valence-corrected chi connectivity index (χ0v) is 17.4. The fourth-order valence-electron chi connectivity index (χ4n) is 2.46. The minimum atomic E-state index is -0.363. The van der Waals surface area contributed by atoms with Crippen LogP contribution in [0, 0.1) is 20.8 Å². The molecule has 0 aliphatic carbocycles. The summed E-state index contributed by atoms with van der Waals surface area (Å²) in [6, 6.07) is 12.8. The third-order valence-corrected chi connectivity index (χ3v) is 5.72. The molecule has 0 unspecified atom stereocenters. The van der Waals surface area contributed by atoms with Crippen LogP contribution in [0.3, 0.4) is 0 Å². The van der Waals surface area contributed by atoms with Crippen LogP contribution in [-0.4, -0.2) is 21.8 Å². The van der Waals surface area contributed by atoms with Crippen LogP contribution in [0.5, 0.6) is 0 Å². The molecule has 144 valence electrons. The van der Waals surface area contributed by atoms with Gasteiger partial charge in [0, 0.05) is 27.6 Å². The van der Waals surface area contributed by atoms with Gasteiger partial charge in [-0.05, 0) is 56.7 Å². The van der Waals surface area contributed by atoms with Crippen molar-refractivity contribution >= 4 is 34.9 Å². The minimum Gasteiger partial charge on any atom is -0.267 e. The third-order valence-electron chi connectivity index (χ3n) is 3.80. The van der Waals surface area contributed by atoms with Crippen LogP contribution in [0.1, 0.15) is 41.9 Å². The van der Waals surface area contributed by atoms with Gasteiger partial charge in [0.1, 0.15) is 0 Å². The Morgan fingerprint density at radius 3 is 2.18 bits per heavy atom. The van der Waals surface area contributed by atoms with Crippen molar-refractivity contribution in [2.75, 3.05) is 0 Å². The lowest BCUT2D eigenvalue weighted by atomic mass is 10.1. The van der Waals surface area contributed by atoms with Crippen LogP contribution in [-0.2, 0) is 5.75 Å². The van der Waals surface area contributed by atoms with Crippen molar-refractivity contribution in [3.05, 3.63) is 74.7 Å². The van der Waals surface area contributed by atoms with Crippen molar-refractivity contribution in [1.29, 1.82) is 0 Å². The van der Waals surface area contributed by atoms with E-state index in [-0.39, 0.29) is 11.8 Å². The van der Waals surface area contributed by atoms with Crippen molar-refractivity contribution in [3.8, 4) is 0 Å². The number of thioether (sulfide) groups is 1. The Morgan fingerprint density at radius 2 is 1.57 bits per heavy atom. The summed E-state index contributed by atoms with van der Waals surface area (Å²) in [5.41, 5.74) is 8.29. The molecular weight excluding hydrogens is 392 g/mol. The van der Waals surface area contributed by atoms with Crippen LogP contribution in [0.4, 0.5) is 0 Å². The Hall–Kier alpha value is -2.71. The summed E-state index contributed by atoms with van der Waals surface area (Å²) in [6.07, 6.45) is 0. The van der Waals surface area contributed by atoms with Gasteiger partial charge in [-0.15, -0.1) is 11.3 Å². The lowest BCUT2D eigenvalue weighted by Gasteiger charge is -2.07. The average molecular weight is 413 g/mol. The molecule has 8 heteroatoms. The van der Waals surface area contributed by atoms with Gasteiger partial charge in [0.2, 0.25) is 0 Å². The van der Waals surface area contributed by atoms with Crippen molar-refractivity contribution in [1.82, 2.24) is 20.8 Å². The molecule has 6 nitrogen and oxygen atoms in total. The van der Waals surface area contributed by atoms with E-state index < -0.39 is 0 Å². The van der Waals surface area contributed by atoms with Gasteiger partial charge < -0.3 is 0 Å². The first-order valence-corrected chi connectivity index (χ1v) is 10.4. The first kappa shape index (κ1) is 20.0. The van der Waals surface area contributed by atoms with Gasteiger partial charge in [-0.25, -0.2) is 9.97 Å². The minimum absolute atomic E-state index is 0.326. The topological polar surface area (TPSA) is 84.0 Å². The third kappa shape index (κ3) is 5.40. The van der Waals surface area contributed by atoms with Gasteiger partial charge in [0.25, 0.3) is 11.8 Å². The molecule has 0 atom stereocenters. The summed E-state index contributed by atoms with van der Waals surface area (Å²) in [5.74, 6) is 0.0191. The van der Waals surface area contributed by atoms with Gasteiger partial charge in [-0.1, -0.05) is 23.9 Å². The summed E-state index contributed by atoms with van der Waals surface area (Å²) >= 11 is 2.93. The Bertz CT molecular complexity index is 979. The van der Waals surface area contributed by atoms with Crippen molar-refractivity contribution < 1.29 is 9.59 Å². The Kier molecular flexibility index (Phi) is 6.43. The molecule has 2 heterocycles. The maximum absolute atomic E-state index is 12.2. The fraction of sp³-hybridized carbons (Fsp3) is 0.200. The number of hydrogen-bond acceptors (Lipinski definition) is 6. The summed E-state index contributed by atoms with van der Waals surface area (Å²) in [7, 11) is 0. The number of carbonyl (C=O) groups is 2. The predicted molar refractivity (Wildman–Crippen MR) is 111 cm³/mol. The standard InChI is InChI=1S/C20H20N4O2S2/c1-12-10-13(2)22-20(21-12)27-11-15-5-7-16(8-6-15)18(25)23-24-19(26)17-9-4-14(3)28-17/h4-10H,11H2,1-3H3,(H,23,25)(H,24,26). The molecule has 2 N–H and O–H groups in total. The van der Waals surface area contributed by atoms with Gasteiger partial charge in [0.15, 0.2) is 5.16 Å². The lowest BCUT2D eigenvalue weighted by molar-refractivity contribution is 0.0849. The smallest absolute Gasteiger partial charge is 0.267 e. The Balaban J connectivity index is 1.53. The molecule has 0 saturated carbocycles. The molecule has 28 heavy (non-hydrogen) atoms. The second-order valence-corrected chi connectivity index (χ2v) is 8.47. The molecule has 0 bridgehead atoms. The summed E-state index contributed by atoms with van der Waals surface area (Å²) < 4.78 is 0. The van der Waals surface area contributed by atoms with E-state index in [1.165, 1.54) is 11.3 Å². The molecular formula is C20H20N4O2S2. The zero-order chi connectivity index (χ0) is 20.1. The normalized spacial score (nSPS) is 10.5. The first-order valence-electron chi connectivity index (χ1n) is 8.62. The van der Waals surface area contributed by atoms with Crippen LogP contribution in [0.15, 0.2) is 47.6 Å². The van der Waals surface area contributed by atoms with E-state index in [9.17, 15) is 9.59 Å². The van der Waals surface area contributed by atoms with Crippen LogP contribution in [0.25, 0.3) is 0 Å². The summed E-state index contributed by atoms with van der Waals surface area (Å²) in [5, 5.41) is 0.742. The van der Waals surface area contributed by atoms with Crippen LogP contribution < -0.4 is 10.9 Å². The van der Waals surface area contributed by atoms with Gasteiger partial charge in [-0.2, -0.15) is 0 Å². The van der Waals surface area contributed by atoms with E-state index in [0.29, 0.717) is 16.2 Å². The van der Waals surface area contributed by atoms with E-state index in [1.54, 1.807) is 30.0 Å². The monoisotopic (exact) mass is 412 g/mol. The molecule has 0 aliphatic heterocycles. The maximum Gasteiger partial charge on any atom is 0.279 e. The molecule has 2 aromatic heterocycles. The van der Waals surface area contributed by atoms with E-state index in [4.69, 9.17) is 0 Å². The molecule has 0 radical (unpaired) electrons. The molecule has 2 amide bonds. The molecule has 3 aromatic rings. The SMILES string of the molecule is Cc1cc(C)nc(SCc2ccc(C(=O)NNC(=O)c3ccc(C)s3)cc2)n1. The van der Waals surface area contributed by atoms with E-state index in [1.807, 2.05) is 45.0 Å². The number of nitrogens with zero attached hydrogens (tertiary/aromatic N) is 2. The summed E-state index contributed by atoms with van der Waals surface area (Å²) in [4.78, 5) is 34.6. The number of aryl methyl sites for hydroxylation is 3. The highest BCUT2D eigenvalue weighted by atomic mass is 32.2. The molecule has 0 aliphatic rings. The molecule has 0 saturated heterocycles. The van der Waals surface area contributed by atoms with E-state index in [0.717, 1.165) is 27.0 Å². The van der Waals surface area contributed by atoms with Crippen LogP contribution >= 0.6 is 23.1 Å². The number of hydrazine groups is 1. The number of amides is 2. The molecule has 0 spiro atoms. The van der Waals surface area contributed by atoms with E-state index in [2.05, 4.69) is 20.8 Å². The van der Waals surface area contributed by atoms with Gasteiger partial charge in [-0.3, -0.25) is 20.4 Å².